The highest BCUT2D eigenvalue weighted by Gasteiger charge is 2.15. The van der Waals surface area contributed by atoms with E-state index in [1.807, 2.05) is 18.5 Å². The molecule has 0 atom stereocenters. The summed E-state index contributed by atoms with van der Waals surface area (Å²) in [4.78, 5) is 13.7. The van der Waals surface area contributed by atoms with E-state index in [1.165, 1.54) is 11.6 Å². The summed E-state index contributed by atoms with van der Waals surface area (Å²) in [5.74, 6) is 0.839. The first-order valence-electron chi connectivity index (χ1n) is 8.86. The second-order valence-electron chi connectivity index (χ2n) is 6.34. The Morgan fingerprint density at radius 2 is 1.68 bits per heavy atom. The van der Waals surface area contributed by atoms with Crippen LogP contribution in [0.2, 0.25) is 0 Å². The van der Waals surface area contributed by atoms with Gasteiger partial charge in [0.15, 0.2) is 5.16 Å². The van der Waals surface area contributed by atoms with Gasteiger partial charge >= 0.3 is 0 Å². The van der Waals surface area contributed by atoms with Crippen molar-refractivity contribution in [1.29, 1.82) is 0 Å². The first-order valence-corrected chi connectivity index (χ1v) is 9.84. The number of benzene rings is 1. The number of thioether (sulfide) groups is 1. The van der Waals surface area contributed by atoms with Gasteiger partial charge in [-0.15, -0.1) is 0 Å². The van der Waals surface area contributed by atoms with Crippen molar-refractivity contribution in [2.24, 2.45) is 0 Å². The molecule has 4 nitrogen and oxygen atoms in total. The molecule has 0 amide bonds. The lowest BCUT2D eigenvalue weighted by Crippen LogP contribution is -2.30. The predicted molar refractivity (Wildman–Crippen MR) is 100 cm³/mol. The number of halogens is 1. The summed E-state index contributed by atoms with van der Waals surface area (Å²) >= 11 is 1.67. The second kappa shape index (κ2) is 9.27. The average Bonchev–Trinajstić information content (AvgIpc) is 2.82. The van der Waals surface area contributed by atoms with Gasteiger partial charge in [-0.05, 0) is 43.0 Å². The van der Waals surface area contributed by atoms with Gasteiger partial charge in [-0.1, -0.05) is 30.8 Å². The standard InChI is InChI=1S/C19H25FN4S/c1-2-25-19-21-12-17(13-22-19)15-24-8-4-7-23(9-10-24)14-16-5-3-6-18(20)11-16/h3,5-6,11-13H,2,4,7-10,14-15H2,1H3. The van der Waals surface area contributed by atoms with Crippen LogP contribution in [0, 0.1) is 5.82 Å². The van der Waals surface area contributed by atoms with E-state index in [-0.39, 0.29) is 5.82 Å². The molecule has 25 heavy (non-hydrogen) atoms. The molecule has 1 aromatic carbocycles. The zero-order valence-corrected chi connectivity index (χ0v) is 15.5. The minimum absolute atomic E-state index is 0.154. The van der Waals surface area contributed by atoms with Crippen molar-refractivity contribution >= 4 is 11.8 Å². The molecular formula is C19H25FN4S. The first-order chi connectivity index (χ1) is 12.2. The van der Waals surface area contributed by atoms with Crippen LogP contribution in [0.3, 0.4) is 0 Å². The maximum atomic E-state index is 13.3. The molecule has 1 saturated heterocycles. The maximum Gasteiger partial charge on any atom is 0.187 e. The third kappa shape index (κ3) is 5.76. The Morgan fingerprint density at radius 1 is 1.00 bits per heavy atom. The summed E-state index contributed by atoms with van der Waals surface area (Å²) in [6.45, 7) is 7.96. The van der Waals surface area contributed by atoms with Gasteiger partial charge in [0, 0.05) is 44.1 Å². The van der Waals surface area contributed by atoms with Crippen molar-refractivity contribution in [1.82, 2.24) is 19.8 Å². The van der Waals surface area contributed by atoms with E-state index < -0.39 is 0 Å². The fourth-order valence-electron chi connectivity index (χ4n) is 3.12. The van der Waals surface area contributed by atoms with Gasteiger partial charge in [0.2, 0.25) is 0 Å². The van der Waals surface area contributed by atoms with Gasteiger partial charge in [-0.3, -0.25) is 9.80 Å². The van der Waals surface area contributed by atoms with Crippen LogP contribution in [-0.2, 0) is 13.1 Å². The first kappa shape index (κ1) is 18.3. The normalized spacial score (nSPS) is 16.7. The predicted octanol–water partition coefficient (Wildman–Crippen LogP) is 3.44. The summed E-state index contributed by atoms with van der Waals surface area (Å²) in [6.07, 6.45) is 5.01. The van der Waals surface area contributed by atoms with Crippen molar-refractivity contribution in [3.05, 3.63) is 53.6 Å². The highest BCUT2D eigenvalue weighted by Crippen LogP contribution is 2.14. The molecule has 1 aliphatic rings. The summed E-state index contributed by atoms with van der Waals surface area (Å²) in [6, 6.07) is 6.92. The van der Waals surface area contributed by atoms with E-state index in [0.29, 0.717) is 0 Å². The third-order valence-corrected chi connectivity index (χ3v) is 5.10. The monoisotopic (exact) mass is 360 g/mol. The molecular weight excluding hydrogens is 335 g/mol. The molecule has 134 valence electrons. The molecule has 0 saturated carbocycles. The average molecular weight is 361 g/mol. The molecule has 0 radical (unpaired) electrons. The summed E-state index contributed by atoms with van der Waals surface area (Å²) in [5, 5.41) is 0.850. The molecule has 1 aromatic heterocycles. The molecule has 6 heteroatoms. The van der Waals surface area contributed by atoms with Gasteiger partial charge in [-0.25, -0.2) is 14.4 Å². The molecule has 0 N–H and O–H groups in total. The van der Waals surface area contributed by atoms with Crippen LogP contribution in [-0.4, -0.2) is 51.7 Å². The summed E-state index contributed by atoms with van der Waals surface area (Å²) in [5.41, 5.74) is 2.21. The van der Waals surface area contributed by atoms with Gasteiger partial charge < -0.3 is 0 Å². The zero-order chi connectivity index (χ0) is 17.5. The smallest absolute Gasteiger partial charge is 0.187 e. The van der Waals surface area contributed by atoms with E-state index in [9.17, 15) is 4.39 Å². The Balaban J connectivity index is 1.51. The molecule has 3 rings (SSSR count). The second-order valence-corrected chi connectivity index (χ2v) is 7.57. The van der Waals surface area contributed by atoms with Crippen molar-refractivity contribution in [3.63, 3.8) is 0 Å². The molecule has 0 bridgehead atoms. The molecule has 2 heterocycles. The SMILES string of the molecule is CCSc1ncc(CN2CCCN(Cc3cccc(F)c3)CC2)cn1. The van der Waals surface area contributed by atoms with E-state index in [0.717, 1.165) is 62.2 Å². The number of aromatic nitrogens is 2. The zero-order valence-electron chi connectivity index (χ0n) is 14.7. The van der Waals surface area contributed by atoms with Gasteiger partial charge in [0.05, 0.1) is 0 Å². The van der Waals surface area contributed by atoms with E-state index >= 15 is 0 Å². The lowest BCUT2D eigenvalue weighted by atomic mass is 10.2. The van der Waals surface area contributed by atoms with Crippen molar-refractivity contribution < 1.29 is 4.39 Å². The van der Waals surface area contributed by atoms with Crippen molar-refractivity contribution in [2.45, 2.75) is 31.6 Å². The molecule has 2 aromatic rings. The molecule has 0 aliphatic carbocycles. The van der Waals surface area contributed by atoms with Crippen LogP contribution in [0.4, 0.5) is 4.39 Å². The van der Waals surface area contributed by atoms with E-state index in [4.69, 9.17) is 0 Å². The fraction of sp³-hybridized carbons (Fsp3) is 0.474. The number of rotatable bonds is 6. The fourth-order valence-corrected chi connectivity index (χ4v) is 3.63. The number of hydrogen-bond donors (Lipinski definition) is 0. The Bertz CT molecular complexity index is 665. The van der Waals surface area contributed by atoms with Crippen molar-refractivity contribution in [3.8, 4) is 0 Å². The van der Waals surface area contributed by atoms with Crippen LogP contribution in [0.5, 0.6) is 0 Å². The lowest BCUT2D eigenvalue weighted by molar-refractivity contribution is 0.246. The lowest BCUT2D eigenvalue weighted by Gasteiger charge is -2.21. The van der Waals surface area contributed by atoms with E-state index in [2.05, 4.69) is 26.7 Å². The van der Waals surface area contributed by atoms with Crippen molar-refractivity contribution in [2.75, 3.05) is 31.9 Å². The topological polar surface area (TPSA) is 32.3 Å². The molecule has 0 spiro atoms. The van der Waals surface area contributed by atoms with Crippen LogP contribution in [0.15, 0.2) is 41.8 Å². The Hall–Kier alpha value is -1.50. The Labute approximate surface area is 153 Å². The van der Waals surface area contributed by atoms with Crippen LogP contribution in [0.1, 0.15) is 24.5 Å². The van der Waals surface area contributed by atoms with Gasteiger partial charge in [-0.2, -0.15) is 0 Å². The molecule has 0 unspecified atom stereocenters. The summed E-state index contributed by atoms with van der Waals surface area (Å²) in [7, 11) is 0. The van der Waals surface area contributed by atoms with E-state index in [1.54, 1.807) is 23.9 Å². The molecule has 1 fully saturated rings. The van der Waals surface area contributed by atoms with Gasteiger partial charge in [0.1, 0.15) is 5.82 Å². The largest absolute Gasteiger partial charge is 0.298 e. The third-order valence-electron chi connectivity index (χ3n) is 4.34. The minimum atomic E-state index is -0.154. The van der Waals surface area contributed by atoms with Crippen LogP contribution >= 0.6 is 11.8 Å². The maximum absolute atomic E-state index is 13.3. The summed E-state index contributed by atoms with van der Waals surface area (Å²) < 4.78 is 13.3. The van der Waals surface area contributed by atoms with Crippen LogP contribution < -0.4 is 0 Å². The van der Waals surface area contributed by atoms with Crippen LogP contribution in [0.25, 0.3) is 0 Å². The number of hydrogen-bond acceptors (Lipinski definition) is 5. The minimum Gasteiger partial charge on any atom is -0.298 e. The Morgan fingerprint density at radius 3 is 2.32 bits per heavy atom. The quantitative estimate of drug-likeness (QED) is 0.582. The highest BCUT2D eigenvalue weighted by molar-refractivity contribution is 7.99. The number of nitrogens with zero attached hydrogens (tertiary/aromatic N) is 4. The molecule has 1 aliphatic heterocycles. The Kier molecular flexibility index (Phi) is 6.78. The highest BCUT2D eigenvalue weighted by atomic mass is 32.2. The van der Waals surface area contributed by atoms with Gasteiger partial charge in [0.25, 0.3) is 0 Å².